The van der Waals surface area contributed by atoms with Crippen molar-refractivity contribution in [3.8, 4) is 0 Å². The van der Waals surface area contributed by atoms with Crippen molar-refractivity contribution in [2.24, 2.45) is 4.99 Å². The van der Waals surface area contributed by atoms with Crippen molar-refractivity contribution in [3.05, 3.63) is 12.2 Å². The van der Waals surface area contributed by atoms with Crippen LogP contribution in [0.15, 0.2) is 17.1 Å². The fourth-order valence-electron chi connectivity index (χ4n) is 1.60. The fraction of sp³-hybridized carbons (Fsp3) is 0.714. The van der Waals surface area contributed by atoms with E-state index in [2.05, 4.69) is 11.9 Å². The van der Waals surface area contributed by atoms with Gasteiger partial charge < -0.3 is 15.3 Å². The summed E-state index contributed by atoms with van der Waals surface area (Å²) in [6, 6.07) is 0. The summed E-state index contributed by atoms with van der Waals surface area (Å²) in [6.07, 6.45) is 7.89. The van der Waals surface area contributed by atoms with Gasteiger partial charge in [0.05, 0.1) is 13.2 Å². The number of aliphatic carboxylic acids is 1. The molecule has 7 heteroatoms. The number of allylic oxidation sites excluding steroid dienone is 1. The number of nitrogens with zero attached hydrogens (tertiary/aromatic N) is 2. The molecule has 116 valence electrons. The Balaban J connectivity index is 0. The molecule has 0 radical (unpaired) electrons. The Labute approximate surface area is 148 Å². The smallest absolute Gasteiger partial charge is 0.859 e. The van der Waals surface area contributed by atoms with Crippen LogP contribution in [-0.2, 0) is 4.79 Å². The molecular formula is C14H25N2NaO4. The number of hydrogen-bond donors (Lipinski definition) is 2. The van der Waals surface area contributed by atoms with Gasteiger partial charge in [0.15, 0.2) is 0 Å². The Morgan fingerprint density at radius 1 is 1.33 bits per heavy atom. The molecule has 0 aromatic carbocycles. The molecular weight excluding hydrogens is 283 g/mol. The minimum Gasteiger partial charge on any atom is -0.859 e. The largest absolute Gasteiger partial charge is 1.00 e. The quantitative estimate of drug-likeness (QED) is 0.182. The number of hydrogen-bond acceptors (Lipinski definition) is 5. The average Bonchev–Trinajstić information content (AvgIpc) is 2.41. The molecule has 0 aliphatic heterocycles. The predicted molar refractivity (Wildman–Crippen MR) is 76.5 cm³/mol. The molecule has 0 unspecified atom stereocenters. The van der Waals surface area contributed by atoms with E-state index in [1.54, 1.807) is 6.08 Å². The minimum atomic E-state index is -0.972. The molecule has 0 rings (SSSR count). The SMILES string of the molecule is CCCCC/C=C/C([O-])=NCN(CCCO)CC(=O)O.[Na+]. The van der Waals surface area contributed by atoms with Gasteiger partial charge in [0.2, 0.25) is 0 Å². The summed E-state index contributed by atoms with van der Waals surface area (Å²) < 4.78 is 0. The van der Waals surface area contributed by atoms with E-state index in [0.717, 1.165) is 25.7 Å². The van der Waals surface area contributed by atoms with Crippen LogP contribution in [-0.4, -0.2) is 53.3 Å². The molecule has 0 aliphatic rings. The Morgan fingerprint density at radius 2 is 2.05 bits per heavy atom. The van der Waals surface area contributed by atoms with Gasteiger partial charge >= 0.3 is 35.5 Å². The number of unbranched alkanes of at least 4 members (excludes halogenated alkanes) is 3. The van der Waals surface area contributed by atoms with Gasteiger partial charge in [0, 0.05) is 13.2 Å². The van der Waals surface area contributed by atoms with Crippen molar-refractivity contribution >= 4 is 11.9 Å². The van der Waals surface area contributed by atoms with Crippen LogP contribution in [0, 0.1) is 0 Å². The van der Waals surface area contributed by atoms with E-state index in [4.69, 9.17) is 10.2 Å². The predicted octanol–water partition coefficient (Wildman–Crippen LogP) is -2.39. The van der Waals surface area contributed by atoms with E-state index in [-0.39, 0.29) is 55.3 Å². The summed E-state index contributed by atoms with van der Waals surface area (Å²) in [5.74, 6) is -1.32. The zero-order chi connectivity index (χ0) is 15.2. The van der Waals surface area contributed by atoms with Gasteiger partial charge in [-0.25, -0.2) is 0 Å². The van der Waals surface area contributed by atoms with E-state index in [1.807, 2.05) is 0 Å². The summed E-state index contributed by atoms with van der Waals surface area (Å²) in [6.45, 7) is 2.37. The van der Waals surface area contributed by atoms with Crippen molar-refractivity contribution in [1.82, 2.24) is 4.90 Å². The fourth-order valence-corrected chi connectivity index (χ4v) is 1.60. The Morgan fingerprint density at radius 3 is 2.62 bits per heavy atom. The third-order valence-electron chi connectivity index (χ3n) is 2.65. The Bertz CT molecular complexity index is 322. The van der Waals surface area contributed by atoms with Crippen LogP contribution < -0.4 is 34.7 Å². The maximum absolute atomic E-state index is 11.5. The maximum atomic E-state index is 11.5. The van der Waals surface area contributed by atoms with Crippen molar-refractivity contribution in [2.45, 2.75) is 39.0 Å². The third kappa shape index (κ3) is 15.8. The number of carboxylic acids is 1. The minimum absolute atomic E-state index is 0. The summed E-state index contributed by atoms with van der Waals surface area (Å²) in [5.41, 5.74) is 0. The third-order valence-corrected chi connectivity index (χ3v) is 2.65. The number of rotatable bonds is 12. The molecule has 0 bridgehead atoms. The summed E-state index contributed by atoms with van der Waals surface area (Å²) >= 11 is 0. The monoisotopic (exact) mass is 308 g/mol. The first kappa shape index (κ1) is 22.9. The van der Waals surface area contributed by atoms with Gasteiger partial charge in [-0.1, -0.05) is 31.9 Å². The van der Waals surface area contributed by atoms with Gasteiger partial charge in [-0.15, -0.1) is 0 Å². The zero-order valence-corrected chi connectivity index (χ0v) is 15.1. The van der Waals surface area contributed by atoms with Crippen LogP contribution >= 0.6 is 0 Å². The summed E-state index contributed by atoms with van der Waals surface area (Å²) in [5, 5.41) is 28.9. The average molecular weight is 308 g/mol. The number of aliphatic hydroxyl groups is 1. The van der Waals surface area contributed by atoms with Crippen LogP contribution in [0.5, 0.6) is 0 Å². The second-order valence-corrected chi connectivity index (χ2v) is 4.56. The van der Waals surface area contributed by atoms with Crippen molar-refractivity contribution in [1.29, 1.82) is 0 Å². The molecule has 6 nitrogen and oxygen atoms in total. The number of carboxylic acid groups (broad SMARTS) is 1. The van der Waals surface area contributed by atoms with Gasteiger partial charge in [-0.2, -0.15) is 0 Å². The molecule has 0 aliphatic carbocycles. The van der Waals surface area contributed by atoms with Crippen LogP contribution in [0.1, 0.15) is 39.0 Å². The molecule has 0 heterocycles. The van der Waals surface area contributed by atoms with E-state index < -0.39 is 5.97 Å². The van der Waals surface area contributed by atoms with E-state index in [9.17, 15) is 9.90 Å². The van der Waals surface area contributed by atoms with Crippen LogP contribution in [0.2, 0.25) is 0 Å². The molecule has 0 saturated carbocycles. The molecule has 0 atom stereocenters. The Kier molecular flexibility index (Phi) is 17.4. The van der Waals surface area contributed by atoms with E-state index in [0.29, 0.717) is 13.0 Å². The molecule has 0 aromatic heterocycles. The molecule has 0 amide bonds. The second-order valence-electron chi connectivity index (χ2n) is 4.56. The van der Waals surface area contributed by atoms with Crippen molar-refractivity contribution < 1.29 is 49.7 Å². The zero-order valence-electron chi connectivity index (χ0n) is 13.1. The normalized spacial score (nSPS) is 11.9. The molecule has 0 spiro atoms. The molecule has 0 saturated heterocycles. The van der Waals surface area contributed by atoms with Crippen LogP contribution in [0.3, 0.4) is 0 Å². The summed E-state index contributed by atoms with van der Waals surface area (Å²) in [4.78, 5) is 16.0. The molecule has 0 aromatic rings. The van der Waals surface area contributed by atoms with Crippen LogP contribution in [0.25, 0.3) is 0 Å². The van der Waals surface area contributed by atoms with Crippen molar-refractivity contribution in [3.63, 3.8) is 0 Å². The molecule has 2 N–H and O–H groups in total. The number of aliphatic hydroxyl groups excluding tert-OH is 1. The number of carbonyl (C=O) groups is 1. The first-order chi connectivity index (χ1) is 9.60. The van der Waals surface area contributed by atoms with E-state index in [1.165, 1.54) is 11.0 Å². The first-order valence-corrected chi connectivity index (χ1v) is 7.03. The van der Waals surface area contributed by atoms with Crippen molar-refractivity contribution in [2.75, 3.05) is 26.4 Å². The first-order valence-electron chi connectivity index (χ1n) is 7.03. The number of aliphatic imine (C=N–C) groups is 1. The standard InChI is InChI=1S/C14H26N2O4.Na/c1-2-3-4-5-6-8-13(18)15-12-16(9-7-10-17)11-14(19)20;/h6,8,17H,2-5,7,9-12H2,1H3,(H,15,18)(H,19,20);/q;+1/p-1/b8-6+;. The van der Waals surface area contributed by atoms with Gasteiger partial charge in [-0.05, 0) is 25.2 Å². The van der Waals surface area contributed by atoms with Gasteiger partial charge in [0.25, 0.3) is 0 Å². The summed E-state index contributed by atoms with van der Waals surface area (Å²) in [7, 11) is 0. The van der Waals surface area contributed by atoms with E-state index >= 15 is 0 Å². The van der Waals surface area contributed by atoms with Gasteiger partial charge in [-0.3, -0.25) is 14.7 Å². The molecule has 0 fully saturated rings. The maximum Gasteiger partial charge on any atom is 1.00 e. The second kappa shape index (κ2) is 16.0. The molecule has 21 heavy (non-hydrogen) atoms. The van der Waals surface area contributed by atoms with Crippen LogP contribution in [0.4, 0.5) is 0 Å². The Hall–Kier alpha value is -0.400. The topological polar surface area (TPSA) is 96.2 Å². The van der Waals surface area contributed by atoms with Gasteiger partial charge in [0.1, 0.15) is 0 Å².